The Kier molecular flexibility index (Phi) is 9.96. The number of carbonyl (C=O) groups is 5. The van der Waals surface area contributed by atoms with E-state index in [0.717, 1.165) is 0 Å². The van der Waals surface area contributed by atoms with Crippen LogP contribution in [0.2, 0.25) is 0 Å². The Morgan fingerprint density at radius 2 is 1.44 bits per heavy atom. The molecule has 12 nitrogen and oxygen atoms in total. The number of aliphatic hydroxyl groups excluding tert-OH is 1. The number of hydrogen-bond donors (Lipinski definition) is 7. The first-order chi connectivity index (χ1) is 12.4. The molecule has 0 saturated heterocycles. The van der Waals surface area contributed by atoms with Crippen LogP contribution in [0.25, 0.3) is 0 Å². The maximum Gasteiger partial charge on any atom is 0.326 e. The summed E-state index contributed by atoms with van der Waals surface area (Å²) in [5.41, 5.74) is 5.32. The summed E-state index contributed by atoms with van der Waals surface area (Å²) in [5.74, 6) is -5.79. The van der Waals surface area contributed by atoms with Crippen molar-refractivity contribution < 1.29 is 39.3 Å². The number of nitrogens with two attached hydrogens (primary N) is 1. The number of carboxylic acid groups (broad SMARTS) is 2. The molecule has 8 N–H and O–H groups in total. The Morgan fingerprint density at radius 1 is 0.889 bits per heavy atom. The molecule has 0 bridgehead atoms. The van der Waals surface area contributed by atoms with Crippen LogP contribution in [0, 0.1) is 5.92 Å². The number of rotatable bonds is 11. The molecule has 0 aromatic carbocycles. The van der Waals surface area contributed by atoms with E-state index < -0.39 is 72.8 Å². The van der Waals surface area contributed by atoms with Crippen LogP contribution < -0.4 is 21.7 Å². The van der Waals surface area contributed by atoms with Crippen molar-refractivity contribution in [2.24, 2.45) is 11.7 Å². The van der Waals surface area contributed by atoms with Crippen LogP contribution >= 0.6 is 0 Å². The third-order valence-corrected chi connectivity index (χ3v) is 3.53. The van der Waals surface area contributed by atoms with Gasteiger partial charge in [0.05, 0.1) is 13.0 Å². The van der Waals surface area contributed by atoms with Crippen LogP contribution in [0.4, 0.5) is 0 Å². The zero-order valence-corrected chi connectivity index (χ0v) is 15.3. The topological polar surface area (TPSA) is 208 Å². The van der Waals surface area contributed by atoms with Gasteiger partial charge in [0, 0.05) is 0 Å². The molecule has 0 aliphatic heterocycles. The van der Waals surface area contributed by atoms with Gasteiger partial charge in [-0.1, -0.05) is 13.8 Å². The molecule has 0 fully saturated rings. The lowest BCUT2D eigenvalue weighted by molar-refractivity contribution is -0.147. The maximum absolute atomic E-state index is 12.3. The quantitative estimate of drug-likeness (QED) is 0.191. The second-order valence-electron chi connectivity index (χ2n) is 6.25. The molecule has 0 aromatic rings. The minimum atomic E-state index is -1.66. The fraction of sp³-hybridized carbons (Fsp3) is 0.667. The summed E-state index contributed by atoms with van der Waals surface area (Å²) in [4.78, 5) is 57.8. The van der Waals surface area contributed by atoms with Crippen molar-refractivity contribution in [2.75, 3.05) is 6.61 Å². The Labute approximate surface area is 155 Å². The van der Waals surface area contributed by atoms with Gasteiger partial charge in [0.25, 0.3) is 0 Å². The average Bonchev–Trinajstić information content (AvgIpc) is 2.56. The Morgan fingerprint density at radius 3 is 1.85 bits per heavy atom. The van der Waals surface area contributed by atoms with Crippen molar-refractivity contribution in [3.63, 3.8) is 0 Å². The molecule has 4 atom stereocenters. The van der Waals surface area contributed by atoms with Crippen LogP contribution in [-0.4, -0.2) is 75.8 Å². The van der Waals surface area contributed by atoms with Gasteiger partial charge in [0.2, 0.25) is 17.7 Å². The summed E-state index contributed by atoms with van der Waals surface area (Å²) in [7, 11) is 0. The van der Waals surface area contributed by atoms with Gasteiger partial charge in [-0.15, -0.1) is 0 Å². The molecular weight excluding hydrogens is 364 g/mol. The summed E-state index contributed by atoms with van der Waals surface area (Å²) in [6.45, 7) is 3.89. The van der Waals surface area contributed by atoms with Crippen molar-refractivity contribution in [3.8, 4) is 0 Å². The molecule has 0 saturated carbocycles. The maximum atomic E-state index is 12.3. The van der Waals surface area contributed by atoms with Crippen LogP contribution in [0.5, 0.6) is 0 Å². The van der Waals surface area contributed by atoms with Gasteiger partial charge in [-0.3, -0.25) is 19.2 Å². The van der Waals surface area contributed by atoms with Gasteiger partial charge < -0.3 is 37.0 Å². The number of aliphatic carboxylic acids is 2. The van der Waals surface area contributed by atoms with Crippen molar-refractivity contribution in [1.82, 2.24) is 16.0 Å². The zero-order chi connectivity index (χ0) is 21.3. The highest BCUT2D eigenvalue weighted by Gasteiger charge is 2.31. The summed E-state index contributed by atoms with van der Waals surface area (Å²) in [6, 6.07) is -5.12. The second-order valence-corrected chi connectivity index (χ2v) is 6.25. The van der Waals surface area contributed by atoms with Gasteiger partial charge in [-0.2, -0.15) is 0 Å². The predicted molar refractivity (Wildman–Crippen MR) is 91.3 cm³/mol. The largest absolute Gasteiger partial charge is 0.481 e. The lowest BCUT2D eigenvalue weighted by atomic mass is 10.0. The molecule has 27 heavy (non-hydrogen) atoms. The van der Waals surface area contributed by atoms with E-state index in [9.17, 15) is 24.0 Å². The normalized spacial score (nSPS) is 15.2. The summed E-state index contributed by atoms with van der Waals surface area (Å²) < 4.78 is 0. The molecule has 3 amide bonds. The van der Waals surface area contributed by atoms with Crippen LogP contribution in [0.3, 0.4) is 0 Å². The van der Waals surface area contributed by atoms with E-state index in [1.807, 2.05) is 0 Å². The molecule has 0 radical (unpaired) electrons. The smallest absolute Gasteiger partial charge is 0.326 e. The van der Waals surface area contributed by atoms with Crippen LogP contribution in [0.1, 0.15) is 27.2 Å². The van der Waals surface area contributed by atoms with Gasteiger partial charge in [-0.05, 0) is 12.8 Å². The first-order valence-corrected chi connectivity index (χ1v) is 8.12. The first-order valence-electron chi connectivity index (χ1n) is 8.12. The number of amides is 3. The molecule has 0 heterocycles. The SMILES string of the molecule is CC(NC(=O)C(N)CO)C(=O)NC(C(=O)NC(CC(=O)O)C(=O)O)C(C)C. The summed E-state index contributed by atoms with van der Waals surface area (Å²) >= 11 is 0. The van der Waals surface area contributed by atoms with Crippen molar-refractivity contribution >= 4 is 29.7 Å². The predicted octanol–water partition coefficient (Wildman–Crippen LogP) is -3.00. The standard InChI is InChI=1S/C15H26N4O8/c1-6(2)11(14(25)18-9(15(26)27)4-10(21)22)19-12(23)7(3)17-13(24)8(16)5-20/h6-9,11,20H,4-5,16H2,1-3H3,(H,17,24)(H,18,25)(H,19,23)(H,21,22)(H,26,27). The minimum Gasteiger partial charge on any atom is -0.481 e. The van der Waals surface area contributed by atoms with Crippen molar-refractivity contribution in [2.45, 2.75) is 51.4 Å². The van der Waals surface area contributed by atoms with Crippen molar-refractivity contribution in [1.29, 1.82) is 0 Å². The van der Waals surface area contributed by atoms with E-state index in [1.165, 1.54) is 6.92 Å². The highest BCUT2D eigenvalue weighted by Crippen LogP contribution is 2.04. The third-order valence-electron chi connectivity index (χ3n) is 3.53. The monoisotopic (exact) mass is 390 g/mol. The zero-order valence-electron chi connectivity index (χ0n) is 15.3. The number of carbonyl (C=O) groups excluding carboxylic acids is 3. The lowest BCUT2D eigenvalue weighted by Crippen LogP contribution is -2.58. The molecule has 12 heteroatoms. The summed E-state index contributed by atoms with van der Waals surface area (Å²) in [5, 5.41) is 33.2. The highest BCUT2D eigenvalue weighted by molar-refractivity contribution is 5.94. The second kappa shape index (κ2) is 11.1. The van der Waals surface area contributed by atoms with E-state index in [0.29, 0.717) is 0 Å². The molecule has 0 aliphatic rings. The molecule has 0 aromatic heterocycles. The fourth-order valence-corrected chi connectivity index (χ4v) is 1.92. The number of nitrogens with one attached hydrogen (secondary N) is 3. The summed E-state index contributed by atoms with van der Waals surface area (Å²) in [6.07, 6.45) is -0.828. The van der Waals surface area contributed by atoms with E-state index in [-0.39, 0.29) is 0 Å². The van der Waals surface area contributed by atoms with E-state index in [2.05, 4.69) is 16.0 Å². The number of hydrogen-bond acceptors (Lipinski definition) is 7. The molecular formula is C15H26N4O8. The first kappa shape index (κ1) is 24.3. The highest BCUT2D eigenvalue weighted by atomic mass is 16.4. The minimum absolute atomic E-state index is 0.462. The van der Waals surface area contributed by atoms with Gasteiger partial charge >= 0.3 is 11.9 Å². The lowest BCUT2D eigenvalue weighted by Gasteiger charge is -2.25. The Hall–Kier alpha value is -2.73. The fourth-order valence-electron chi connectivity index (χ4n) is 1.92. The number of aliphatic hydroxyl groups is 1. The molecule has 154 valence electrons. The van der Waals surface area contributed by atoms with Crippen LogP contribution in [-0.2, 0) is 24.0 Å². The van der Waals surface area contributed by atoms with Gasteiger partial charge in [0.1, 0.15) is 24.2 Å². The van der Waals surface area contributed by atoms with E-state index in [4.69, 9.17) is 21.1 Å². The van der Waals surface area contributed by atoms with E-state index >= 15 is 0 Å². The van der Waals surface area contributed by atoms with Gasteiger partial charge in [0.15, 0.2) is 0 Å². The van der Waals surface area contributed by atoms with E-state index in [1.54, 1.807) is 13.8 Å². The molecule has 4 unspecified atom stereocenters. The molecule has 0 aliphatic carbocycles. The third kappa shape index (κ3) is 8.46. The van der Waals surface area contributed by atoms with Crippen molar-refractivity contribution in [3.05, 3.63) is 0 Å². The molecule has 0 spiro atoms. The Balaban J connectivity index is 5.03. The average molecular weight is 390 g/mol. The Bertz CT molecular complexity index is 580. The molecule has 0 rings (SSSR count). The number of carboxylic acids is 2. The van der Waals surface area contributed by atoms with Crippen LogP contribution in [0.15, 0.2) is 0 Å². The van der Waals surface area contributed by atoms with Gasteiger partial charge in [-0.25, -0.2) is 4.79 Å².